The van der Waals surface area contributed by atoms with Gasteiger partial charge in [0.15, 0.2) is 14.1 Å². The second-order valence-corrected chi connectivity index (χ2v) is 17.6. The molecule has 1 aliphatic heterocycles. The van der Waals surface area contributed by atoms with Gasteiger partial charge in [-0.15, -0.1) is 0 Å². The van der Waals surface area contributed by atoms with Crippen molar-refractivity contribution in [1.82, 2.24) is 4.31 Å². The van der Waals surface area contributed by atoms with E-state index in [1.165, 1.54) is 22.5 Å². The predicted octanol–water partition coefficient (Wildman–Crippen LogP) is 6.65. The highest BCUT2D eigenvalue weighted by atomic mass is 79.9. The van der Waals surface area contributed by atoms with Crippen molar-refractivity contribution in [3.63, 3.8) is 0 Å². The summed E-state index contributed by atoms with van der Waals surface area (Å²) >= 11 is 15.7. The number of ether oxygens (including phenoxy) is 1. The average Bonchev–Trinajstić information content (AvgIpc) is 2.60. The highest BCUT2D eigenvalue weighted by Crippen LogP contribution is 2.42. The Bertz CT molecular complexity index is 1110. The second-order valence-electron chi connectivity index (χ2n) is 9.25. The van der Waals surface area contributed by atoms with Gasteiger partial charge in [0.05, 0.1) is 16.1 Å². The van der Waals surface area contributed by atoms with E-state index in [-0.39, 0.29) is 56.4 Å². The minimum Gasteiger partial charge on any atom is -0.507 e. The molecule has 2 aromatic rings. The predicted molar refractivity (Wildman–Crippen MR) is 133 cm³/mol. The Morgan fingerprint density at radius 3 is 2.22 bits per heavy atom. The molecule has 3 rings (SSSR count). The number of halogens is 3. The number of rotatable bonds is 6. The number of aromatic hydroxyl groups is 1. The van der Waals surface area contributed by atoms with Gasteiger partial charge in [0.2, 0.25) is 10.0 Å². The fraction of sp³-hybridized carbons (Fsp3) is 0.429. The highest BCUT2D eigenvalue weighted by Gasteiger charge is 2.45. The molecule has 0 aliphatic carbocycles. The van der Waals surface area contributed by atoms with Crippen molar-refractivity contribution in [2.24, 2.45) is 0 Å². The molecular weight excluding hydrogens is 557 g/mol. The monoisotopic (exact) mass is 581 g/mol. The van der Waals surface area contributed by atoms with E-state index in [1.807, 2.05) is 0 Å². The first-order valence-corrected chi connectivity index (χ1v) is 15.8. The summed E-state index contributed by atoms with van der Waals surface area (Å²) in [5.41, 5.74) is 0. The van der Waals surface area contributed by atoms with Gasteiger partial charge in [-0.3, -0.25) is 0 Å². The van der Waals surface area contributed by atoms with Gasteiger partial charge in [-0.25, -0.2) is 8.42 Å². The standard InChI is InChI=1S/C21H26BrCl2NO5SSi/c1-21(2,3)32(4,5)30-15-11-25(12-15)31(27,28)19-10-14(6-7-18(19)26)29-20-16(23)8-13(22)9-17(20)24/h6-10,15,26H,11-12H2,1-5H3. The van der Waals surface area contributed by atoms with Crippen LogP contribution in [-0.4, -0.2) is 45.3 Å². The minimum absolute atomic E-state index is 0.0335. The topological polar surface area (TPSA) is 76.1 Å². The van der Waals surface area contributed by atoms with Crippen LogP contribution in [0.2, 0.25) is 28.2 Å². The Labute approximate surface area is 208 Å². The molecule has 0 unspecified atom stereocenters. The Kier molecular flexibility index (Phi) is 7.33. The lowest BCUT2D eigenvalue weighted by atomic mass is 10.2. The zero-order valence-electron chi connectivity index (χ0n) is 18.4. The third-order valence-electron chi connectivity index (χ3n) is 5.81. The van der Waals surface area contributed by atoms with E-state index in [2.05, 4.69) is 49.8 Å². The van der Waals surface area contributed by atoms with Crippen molar-refractivity contribution in [2.75, 3.05) is 13.1 Å². The van der Waals surface area contributed by atoms with Crippen molar-refractivity contribution in [1.29, 1.82) is 0 Å². The van der Waals surface area contributed by atoms with Crippen LogP contribution >= 0.6 is 39.1 Å². The molecular formula is C21H26BrCl2NO5SSi. The molecule has 0 bridgehead atoms. The Morgan fingerprint density at radius 1 is 1.12 bits per heavy atom. The zero-order chi connectivity index (χ0) is 24.1. The fourth-order valence-electron chi connectivity index (χ4n) is 2.91. The molecule has 11 heteroatoms. The first-order valence-electron chi connectivity index (χ1n) is 9.95. The molecule has 32 heavy (non-hydrogen) atoms. The number of hydrogen-bond donors (Lipinski definition) is 1. The summed E-state index contributed by atoms with van der Waals surface area (Å²) in [4.78, 5) is -0.245. The van der Waals surface area contributed by atoms with Crippen molar-refractivity contribution < 1.29 is 22.7 Å². The molecule has 1 fully saturated rings. The fourth-order valence-corrected chi connectivity index (χ4v) is 7.14. The Balaban J connectivity index is 1.79. The van der Waals surface area contributed by atoms with Crippen LogP contribution in [0.1, 0.15) is 20.8 Å². The molecule has 0 saturated carbocycles. The van der Waals surface area contributed by atoms with Gasteiger partial charge in [-0.05, 0) is 42.4 Å². The third-order valence-corrected chi connectivity index (χ3v) is 13.2. The molecule has 1 saturated heterocycles. The van der Waals surface area contributed by atoms with Crippen LogP contribution < -0.4 is 4.74 Å². The van der Waals surface area contributed by atoms with Crippen LogP contribution in [0.5, 0.6) is 17.2 Å². The van der Waals surface area contributed by atoms with E-state index in [1.54, 1.807) is 12.1 Å². The van der Waals surface area contributed by atoms with Gasteiger partial charge in [-0.1, -0.05) is 59.9 Å². The summed E-state index contributed by atoms with van der Waals surface area (Å²) in [7, 11) is -5.94. The molecule has 1 N–H and O–H groups in total. The average molecular weight is 583 g/mol. The maximum Gasteiger partial charge on any atom is 0.247 e. The van der Waals surface area contributed by atoms with Crippen LogP contribution in [0.4, 0.5) is 0 Å². The van der Waals surface area contributed by atoms with Crippen molar-refractivity contribution in [3.05, 3.63) is 44.8 Å². The molecule has 1 aliphatic rings. The van der Waals surface area contributed by atoms with Crippen LogP contribution in [0, 0.1) is 0 Å². The number of hydrogen-bond acceptors (Lipinski definition) is 5. The van der Waals surface area contributed by atoms with Gasteiger partial charge < -0.3 is 14.3 Å². The van der Waals surface area contributed by atoms with E-state index >= 15 is 0 Å². The van der Waals surface area contributed by atoms with Gasteiger partial charge in [-0.2, -0.15) is 4.31 Å². The number of phenols is 1. The Morgan fingerprint density at radius 2 is 1.69 bits per heavy atom. The van der Waals surface area contributed by atoms with Crippen molar-refractivity contribution in [3.8, 4) is 17.2 Å². The maximum absolute atomic E-state index is 13.1. The summed E-state index contributed by atoms with van der Waals surface area (Å²) in [6.45, 7) is 11.2. The summed E-state index contributed by atoms with van der Waals surface area (Å²) in [6.07, 6.45) is -0.160. The molecule has 0 atom stereocenters. The number of benzene rings is 2. The summed E-state index contributed by atoms with van der Waals surface area (Å²) < 4.78 is 40.3. The van der Waals surface area contributed by atoms with E-state index in [9.17, 15) is 13.5 Å². The molecule has 0 aromatic heterocycles. The molecule has 1 heterocycles. The number of phenolic OH excluding ortho intramolecular Hbond substituents is 1. The zero-order valence-corrected chi connectivity index (χ0v) is 23.4. The van der Waals surface area contributed by atoms with Crippen LogP contribution in [0.25, 0.3) is 0 Å². The quantitative estimate of drug-likeness (QED) is 0.386. The molecule has 0 radical (unpaired) electrons. The molecule has 6 nitrogen and oxygen atoms in total. The normalized spacial score (nSPS) is 16.1. The smallest absolute Gasteiger partial charge is 0.247 e. The lowest BCUT2D eigenvalue weighted by Crippen LogP contribution is -2.59. The molecule has 2 aromatic carbocycles. The van der Waals surface area contributed by atoms with Gasteiger partial charge in [0, 0.05) is 23.6 Å². The van der Waals surface area contributed by atoms with E-state index in [4.69, 9.17) is 32.4 Å². The number of nitrogens with zero attached hydrogens (tertiary/aromatic N) is 1. The summed E-state index contributed by atoms with van der Waals surface area (Å²) in [6, 6.07) is 7.21. The minimum atomic E-state index is -3.93. The summed E-state index contributed by atoms with van der Waals surface area (Å²) in [5, 5.41) is 10.8. The first-order chi connectivity index (χ1) is 14.6. The van der Waals surface area contributed by atoms with Crippen LogP contribution in [-0.2, 0) is 14.4 Å². The highest BCUT2D eigenvalue weighted by molar-refractivity contribution is 9.10. The second kappa shape index (κ2) is 9.09. The molecule has 0 spiro atoms. The van der Waals surface area contributed by atoms with E-state index in [0.717, 1.165) is 0 Å². The molecule has 176 valence electrons. The first kappa shape index (κ1) is 25.8. The third kappa shape index (κ3) is 5.29. The van der Waals surface area contributed by atoms with E-state index < -0.39 is 18.3 Å². The largest absolute Gasteiger partial charge is 0.507 e. The van der Waals surface area contributed by atoms with Gasteiger partial charge in [0.25, 0.3) is 0 Å². The van der Waals surface area contributed by atoms with E-state index in [0.29, 0.717) is 4.47 Å². The molecule has 0 amide bonds. The van der Waals surface area contributed by atoms with Crippen LogP contribution in [0.3, 0.4) is 0 Å². The SMILES string of the molecule is CC(C)(C)[Si](C)(C)OC1CN(S(=O)(=O)c2cc(Oc3c(Cl)cc(Br)cc3Cl)ccc2O)C1. The van der Waals surface area contributed by atoms with Gasteiger partial charge >= 0.3 is 0 Å². The lowest BCUT2D eigenvalue weighted by molar-refractivity contribution is 0.0638. The summed E-state index contributed by atoms with van der Waals surface area (Å²) in [5.74, 6) is 0.0126. The van der Waals surface area contributed by atoms with Crippen molar-refractivity contribution >= 4 is 57.5 Å². The lowest BCUT2D eigenvalue weighted by Gasteiger charge is -2.45. The van der Waals surface area contributed by atoms with Crippen molar-refractivity contribution in [2.45, 2.75) is 49.9 Å². The van der Waals surface area contributed by atoms with Gasteiger partial charge in [0.1, 0.15) is 16.4 Å². The maximum atomic E-state index is 13.1. The number of sulfonamides is 1. The van der Waals surface area contributed by atoms with Crippen LogP contribution in [0.15, 0.2) is 39.7 Å². The Hall–Kier alpha value is -0.813.